The number of carbonyl (C=O) groups excluding carboxylic acids is 1. The lowest BCUT2D eigenvalue weighted by molar-refractivity contribution is 0.1000. The van der Waals surface area contributed by atoms with E-state index in [9.17, 15) is 9.18 Å². The number of pyridine rings is 1. The van der Waals surface area contributed by atoms with Crippen LogP contribution >= 0.6 is 11.6 Å². The standard InChI is InChI=1S/C15H15ClFN3O/c16-13-8-11(14(18)21)9-20-15(13)19-6-2-4-10-3-1-5-12(17)7-10/h1,3,5,7-9H,2,4,6H2,(H2,18,21)(H,19,20). The summed E-state index contributed by atoms with van der Waals surface area (Å²) in [6.45, 7) is 0.638. The SMILES string of the molecule is NC(=O)c1cnc(NCCCc2cccc(F)c2)c(Cl)c1. The van der Waals surface area contributed by atoms with E-state index in [2.05, 4.69) is 10.3 Å². The van der Waals surface area contributed by atoms with E-state index < -0.39 is 5.91 Å². The molecule has 1 aromatic carbocycles. The third-order valence-electron chi connectivity index (χ3n) is 2.95. The van der Waals surface area contributed by atoms with Gasteiger partial charge in [0, 0.05) is 12.7 Å². The molecular formula is C15H15ClFN3O. The molecule has 21 heavy (non-hydrogen) atoms. The molecule has 4 nitrogen and oxygen atoms in total. The number of nitrogens with two attached hydrogens (primary N) is 1. The van der Waals surface area contributed by atoms with Gasteiger partial charge in [-0.3, -0.25) is 4.79 Å². The van der Waals surface area contributed by atoms with Gasteiger partial charge in [-0.15, -0.1) is 0 Å². The van der Waals surface area contributed by atoms with Crippen molar-refractivity contribution in [3.8, 4) is 0 Å². The first-order valence-electron chi connectivity index (χ1n) is 6.50. The first-order chi connectivity index (χ1) is 10.1. The fourth-order valence-corrected chi connectivity index (χ4v) is 2.13. The van der Waals surface area contributed by atoms with Gasteiger partial charge in [0.25, 0.3) is 0 Å². The molecule has 110 valence electrons. The van der Waals surface area contributed by atoms with Gasteiger partial charge in [-0.2, -0.15) is 0 Å². The highest BCUT2D eigenvalue weighted by Gasteiger charge is 2.06. The molecule has 0 aliphatic heterocycles. The fraction of sp³-hybridized carbons (Fsp3) is 0.200. The Morgan fingerprint density at radius 1 is 1.38 bits per heavy atom. The van der Waals surface area contributed by atoms with E-state index in [4.69, 9.17) is 17.3 Å². The molecule has 0 aliphatic carbocycles. The first-order valence-corrected chi connectivity index (χ1v) is 6.88. The minimum Gasteiger partial charge on any atom is -0.369 e. The first kappa shape index (κ1) is 15.3. The van der Waals surface area contributed by atoms with Crippen LogP contribution < -0.4 is 11.1 Å². The maximum absolute atomic E-state index is 13.0. The maximum Gasteiger partial charge on any atom is 0.250 e. The topological polar surface area (TPSA) is 68.0 Å². The highest BCUT2D eigenvalue weighted by atomic mass is 35.5. The Morgan fingerprint density at radius 3 is 2.86 bits per heavy atom. The molecule has 6 heteroatoms. The molecular weight excluding hydrogens is 293 g/mol. The van der Waals surface area contributed by atoms with Crippen molar-refractivity contribution in [2.45, 2.75) is 12.8 Å². The number of nitrogens with zero attached hydrogens (tertiary/aromatic N) is 1. The molecule has 0 bridgehead atoms. The molecule has 0 spiro atoms. The lowest BCUT2D eigenvalue weighted by atomic mass is 10.1. The molecule has 0 unspecified atom stereocenters. The van der Waals surface area contributed by atoms with Crippen LogP contribution in [0.1, 0.15) is 22.3 Å². The third kappa shape index (κ3) is 4.43. The van der Waals surface area contributed by atoms with Gasteiger partial charge < -0.3 is 11.1 Å². The number of rotatable bonds is 6. The van der Waals surface area contributed by atoms with Crippen LogP contribution in [0.25, 0.3) is 0 Å². The molecule has 0 saturated heterocycles. The van der Waals surface area contributed by atoms with Crippen LogP contribution in [0, 0.1) is 5.82 Å². The summed E-state index contributed by atoms with van der Waals surface area (Å²) < 4.78 is 13.0. The van der Waals surface area contributed by atoms with Crippen molar-refractivity contribution in [2.75, 3.05) is 11.9 Å². The van der Waals surface area contributed by atoms with Crippen molar-refractivity contribution >= 4 is 23.3 Å². The molecule has 2 aromatic rings. The van der Waals surface area contributed by atoms with E-state index in [1.165, 1.54) is 24.4 Å². The van der Waals surface area contributed by atoms with Crippen LogP contribution in [0.3, 0.4) is 0 Å². The second-order valence-electron chi connectivity index (χ2n) is 4.58. The molecule has 0 radical (unpaired) electrons. The number of primary amides is 1. The van der Waals surface area contributed by atoms with E-state index in [1.807, 2.05) is 6.07 Å². The second kappa shape index (κ2) is 7.04. The Bertz CT molecular complexity index is 649. The Balaban J connectivity index is 1.85. The smallest absolute Gasteiger partial charge is 0.250 e. The number of nitrogens with one attached hydrogen (secondary N) is 1. The van der Waals surface area contributed by atoms with Crippen molar-refractivity contribution in [3.63, 3.8) is 0 Å². The van der Waals surface area contributed by atoms with Crippen molar-refractivity contribution < 1.29 is 9.18 Å². The average molecular weight is 308 g/mol. The lowest BCUT2D eigenvalue weighted by Gasteiger charge is -2.08. The monoisotopic (exact) mass is 307 g/mol. The molecule has 3 N–H and O–H groups in total. The number of hydrogen-bond donors (Lipinski definition) is 2. The van der Waals surface area contributed by atoms with Gasteiger partial charge in [0.05, 0.1) is 10.6 Å². The number of aryl methyl sites for hydroxylation is 1. The Morgan fingerprint density at radius 2 is 2.19 bits per heavy atom. The zero-order chi connectivity index (χ0) is 15.2. The van der Waals surface area contributed by atoms with Crippen molar-refractivity contribution in [3.05, 3.63) is 58.5 Å². The molecule has 2 rings (SSSR count). The number of halogens is 2. The summed E-state index contributed by atoms with van der Waals surface area (Å²) in [6.07, 6.45) is 2.93. The summed E-state index contributed by atoms with van der Waals surface area (Å²) in [5, 5.41) is 3.42. The fourth-order valence-electron chi connectivity index (χ4n) is 1.89. The minimum atomic E-state index is -0.568. The van der Waals surface area contributed by atoms with E-state index >= 15 is 0 Å². The normalized spacial score (nSPS) is 10.4. The summed E-state index contributed by atoms with van der Waals surface area (Å²) in [4.78, 5) is 15.0. The van der Waals surface area contributed by atoms with Crippen molar-refractivity contribution in [2.24, 2.45) is 5.73 Å². The third-order valence-corrected chi connectivity index (χ3v) is 3.24. The zero-order valence-electron chi connectivity index (χ0n) is 11.3. The Kier molecular flexibility index (Phi) is 5.11. The molecule has 1 heterocycles. The van der Waals surface area contributed by atoms with Gasteiger partial charge >= 0.3 is 0 Å². The molecule has 0 atom stereocenters. The number of hydrogen-bond acceptors (Lipinski definition) is 3. The number of carbonyl (C=O) groups is 1. The summed E-state index contributed by atoms with van der Waals surface area (Å²) >= 11 is 6.01. The predicted molar refractivity (Wildman–Crippen MR) is 81.0 cm³/mol. The lowest BCUT2D eigenvalue weighted by Crippen LogP contribution is -2.12. The largest absolute Gasteiger partial charge is 0.369 e. The molecule has 1 aromatic heterocycles. The molecule has 0 aliphatic rings. The Hall–Kier alpha value is -2.14. The zero-order valence-corrected chi connectivity index (χ0v) is 12.0. The van der Waals surface area contributed by atoms with Crippen LogP contribution in [0.2, 0.25) is 5.02 Å². The van der Waals surface area contributed by atoms with E-state index in [0.29, 0.717) is 17.4 Å². The number of benzene rings is 1. The van der Waals surface area contributed by atoms with E-state index in [-0.39, 0.29) is 11.4 Å². The van der Waals surface area contributed by atoms with Gasteiger partial charge in [-0.05, 0) is 36.6 Å². The van der Waals surface area contributed by atoms with Crippen LogP contribution in [0.5, 0.6) is 0 Å². The average Bonchev–Trinajstić information content (AvgIpc) is 2.45. The minimum absolute atomic E-state index is 0.229. The molecule has 0 saturated carbocycles. The van der Waals surface area contributed by atoms with Crippen LogP contribution in [0.4, 0.5) is 10.2 Å². The van der Waals surface area contributed by atoms with Crippen LogP contribution in [-0.4, -0.2) is 17.4 Å². The van der Waals surface area contributed by atoms with Gasteiger partial charge in [-0.1, -0.05) is 23.7 Å². The van der Waals surface area contributed by atoms with E-state index in [0.717, 1.165) is 18.4 Å². The van der Waals surface area contributed by atoms with Gasteiger partial charge in [0.15, 0.2) is 0 Å². The van der Waals surface area contributed by atoms with Crippen molar-refractivity contribution in [1.82, 2.24) is 4.98 Å². The second-order valence-corrected chi connectivity index (χ2v) is 4.99. The summed E-state index contributed by atoms with van der Waals surface area (Å²) in [7, 11) is 0. The number of aromatic nitrogens is 1. The number of anilines is 1. The van der Waals surface area contributed by atoms with Gasteiger partial charge in [0.2, 0.25) is 5.91 Å². The summed E-state index contributed by atoms with van der Waals surface area (Å²) in [5.41, 5.74) is 6.36. The summed E-state index contributed by atoms with van der Waals surface area (Å²) in [5.74, 6) is -0.296. The van der Waals surface area contributed by atoms with E-state index in [1.54, 1.807) is 6.07 Å². The number of amides is 1. The highest BCUT2D eigenvalue weighted by molar-refractivity contribution is 6.33. The van der Waals surface area contributed by atoms with Crippen LogP contribution in [0.15, 0.2) is 36.5 Å². The maximum atomic E-state index is 13.0. The van der Waals surface area contributed by atoms with Gasteiger partial charge in [-0.25, -0.2) is 9.37 Å². The summed E-state index contributed by atoms with van der Waals surface area (Å²) in [6, 6.07) is 8.00. The molecule has 1 amide bonds. The predicted octanol–water partition coefficient (Wildman–Crippen LogP) is 3.02. The van der Waals surface area contributed by atoms with Crippen LogP contribution in [-0.2, 0) is 6.42 Å². The quantitative estimate of drug-likeness (QED) is 0.806. The highest BCUT2D eigenvalue weighted by Crippen LogP contribution is 2.20. The molecule has 0 fully saturated rings. The van der Waals surface area contributed by atoms with Gasteiger partial charge in [0.1, 0.15) is 11.6 Å². The van der Waals surface area contributed by atoms with Crippen molar-refractivity contribution in [1.29, 1.82) is 0 Å². The Labute approximate surface area is 127 Å².